The van der Waals surface area contributed by atoms with Crippen molar-refractivity contribution < 1.29 is 9.32 Å². The van der Waals surface area contributed by atoms with Gasteiger partial charge in [-0.25, -0.2) is 4.79 Å². The third-order valence-corrected chi connectivity index (χ3v) is 7.59. The quantitative estimate of drug-likeness (QED) is 0.230. The summed E-state index contributed by atoms with van der Waals surface area (Å²) in [6.45, 7) is 12.1. The van der Waals surface area contributed by atoms with Gasteiger partial charge in [-0.15, -0.1) is 6.42 Å². The minimum absolute atomic E-state index is 0.323. The largest absolute Gasteiger partial charge is 0.431 e. The molecule has 31 heavy (non-hydrogen) atoms. The summed E-state index contributed by atoms with van der Waals surface area (Å²) < 4.78 is 6.25. The maximum atomic E-state index is 13.4. The van der Waals surface area contributed by atoms with Crippen LogP contribution in [-0.2, 0) is 17.3 Å². The van der Waals surface area contributed by atoms with Gasteiger partial charge in [-0.2, -0.15) is 0 Å². The molecule has 0 amide bonds. The lowest BCUT2D eigenvalue weighted by Gasteiger charge is -2.24. The second-order valence-corrected chi connectivity index (χ2v) is 9.36. The molecule has 4 heteroatoms. The molecule has 0 bridgehead atoms. The van der Waals surface area contributed by atoms with Crippen molar-refractivity contribution in [2.45, 2.75) is 54.3 Å². The second kappa shape index (κ2) is 11.2. The van der Waals surface area contributed by atoms with E-state index in [0.717, 1.165) is 44.9 Å². The summed E-state index contributed by atoms with van der Waals surface area (Å²) >= 11 is 0. The molecule has 0 N–H and O–H groups in total. The number of aryl methyl sites for hydroxylation is 5. The first-order valence-corrected chi connectivity index (χ1v) is 11.7. The van der Waals surface area contributed by atoms with Crippen LogP contribution >= 0.6 is 8.15 Å². The summed E-state index contributed by atoms with van der Waals surface area (Å²) in [5.41, 5.74) is 6.86. The minimum Gasteiger partial charge on any atom is -0.431 e. The maximum Gasteiger partial charge on any atom is 0.341 e. The van der Waals surface area contributed by atoms with E-state index in [1.165, 1.54) is 5.56 Å². The lowest BCUT2D eigenvalue weighted by molar-refractivity contribution is 0.0757. The highest BCUT2D eigenvalue weighted by Crippen LogP contribution is 2.48. The fraction of sp³-hybridized carbons (Fsp3) is 0.296. The predicted octanol–water partition coefficient (Wildman–Crippen LogP) is 6.12. The molecule has 0 fully saturated rings. The van der Waals surface area contributed by atoms with Crippen LogP contribution in [-0.4, -0.2) is 13.8 Å². The van der Waals surface area contributed by atoms with Crippen LogP contribution in [0.1, 0.15) is 57.6 Å². The zero-order valence-corrected chi connectivity index (χ0v) is 20.3. The fourth-order valence-electron chi connectivity index (χ4n) is 3.83. The van der Waals surface area contributed by atoms with Crippen molar-refractivity contribution in [3.8, 4) is 12.3 Å². The zero-order valence-electron chi connectivity index (χ0n) is 19.4. The summed E-state index contributed by atoms with van der Waals surface area (Å²) in [6.07, 6.45) is 12.3. The molecule has 0 saturated heterocycles. The highest BCUT2D eigenvalue weighted by Gasteiger charge is 2.26. The highest BCUT2D eigenvalue weighted by molar-refractivity contribution is 7.66. The molecule has 0 aliphatic rings. The molecule has 0 heterocycles. The summed E-state index contributed by atoms with van der Waals surface area (Å²) in [5.74, 6) is 2.22. The summed E-state index contributed by atoms with van der Waals surface area (Å²) in [7, 11) is 4.40. The molecule has 1 atom stereocenters. The van der Waals surface area contributed by atoms with Crippen LogP contribution in [0.4, 0.5) is 0 Å². The Morgan fingerprint density at radius 2 is 1.61 bits per heavy atom. The number of hydrogen-bond donors (Lipinski definition) is 0. The van der Waals surface area contributed by atoms with E-state index >= 15 is 0 Å². The van der Waals surface area contributed by atoms with Gasteiger partial charge in [-0.05, 0) is 81.0 Å². The lowest BCUT2D eigenvalue weighted by atomic mass is 9.91. The normalized spacial score (nSPS) is 12.6. The van der Waals surface area contributed by atoms with Crippen LogP contribution in [0.15, 0.2) is 47.8 Å². The van der Waals surface area contributed by atoms with Gasteiger partial charge in [0.25, 0.3) is 0 Å². The lowest BCUT2D eigenvalue weighted by Crippen LogP contribution is -2.17. The Kier molecular flexibility index (Phi) is 8.91. The fourth-order valence-corrected chi connectivity index (χ4v) is 5.76. The molecule has 0 aliphatic heterocycles. The molecule has 2 rings (SSSR count). The number of benzene rings is 2. The van der Waals surface area contributed by atoms with Crippen LogP contribution in [0.3, 0.4) is 0 Å². The van der Waals surface area contributed by atoms with Crippen molar-refractivity contribution in [3.63, 3.8) is 0 Å². The smallest absolute Gasteiger partial charge is 0.341 e. The standard InChI is InChI=1S/C27H30BO2P/c1-8-11-12-24(10-3)31(26-20(6)15-22(9-2)16-21(26)7)30-27(29)25-18(4)13-23(17-28)14-19(25)5/h1,10-16H,9,17H2,2-7H3/b12-11-,24-10+. The molecule has 2 radical (unpaired) electrons. The molecule has 2 aromatic carbocycles. The van der Waals surface area contributed by atoms with Crippen LogP contribution in [0.2, 0.25) is 0 Å². The Morgan fingerprint density at radius 3 is 2.06 bits per heavy atom. The first-order chi connectivity index (χ1) is 14.8. The second-order valence-electron chi connectivity index (χ2n) is 7.63. The van der Waals surface area contributed by atoms with Gasteiger partial charge in [0, 0.05) is 10.6 Å². The Hall–Kier alpha value is -2.56. The molecule has 1 unspecified atom stereocenters. The third kappa shape index (κ3) is 5.78. The van der Waals surface area contributed by atoms with Gasteiger partial charge in [0.15, 0.2) is 8.15 Å². The summed E-state index contributed by atoms with van der Waals surface area (Å²) in [6, 6.07) is 8.26. The number of rotatable bonds is 7. The molecule has 158 valence electrons. The molecule has 2 nitrogen and oxygen atoms in total. The van der Waals surface area contributed by atoms with Gasteiger partial charge in [0.05, 0.1) is 13.4 Å². The minimum atomic E-state index is -1.38. The highest BCUT2D eigenvalue weighted by atomic mass is 31.1. The van der Waals surface area contributed by atoms with Crippen LogP contribution in [0.25, 0.3) is 0 Å². The molecule has 0 saturated carbocycles. The van der Waals surface area contributed by atoms with Crippen LogP contribution < -0.4 is 5.30 Å². The molecular weight excluding hydrogens is 398 g/mol. The van der Waals surface area contributed by atoms with Gasteiger partial charge in [-0.3, -0.25) is 0 Å². The molecule has 0 aromatic heterocycles. The number of allylic oxidation sites excluding steroid dienone is 4. The van der Waals surface area contributed by atoms with Gasteiger partial charge in [0.1, 0.15) is 0 Å². The third-order valence-electron chi connectivity index (χ3n) is 5.25. The van der Waals surface area contributed by atoms with Gasteiger partial charge >= 0.3 is 5.97 Å². The first kappa shape index (κ1) is 24.7. The monoisotopic (exact) mass is 428 g/mol. The summed E-state index contributed by atoms with van der Waals surface area (Å²) in [4.78, 5) is 13.4. The average molecular weight is 428 g/mol. The molecule has 2 aromatic rings. The van der Waals surface area contributed by atoms with Crippen LogP contribution in [0, 0.1) is 40.0 Å². The van der Waals surface area contributed by atoms with Gasteiger partial charge < -0.3 is 4.52 Å². The SMILES string of the molecule is [B]Cc1cc(C)c(C(=O)OP(C(/C=C\C#C)=C/C)c2c(C)cc(CC)cc2C)c(C)c1. The van der Waals surface area contributed by atoms with Crippen molar-refractivity contribution >= 4 is 27.3 Å². The van der Waals surface area contributed by atoms with Crippen molar-refractivity contribution in [3.05, 3.63) is 86.8 Å². The Balaban J connectivity index is 2.60. The molecule has 0 aliphatic carbocycles. The van der Waals surface area contributed by atoms with Crippen molar-refractivity contribution in [1.29, 1.82) is 0 Å². The van der Waals surface area contributed by atoms with E-state index in [-0.39, 0.29) is 5.97 Å². The zero-order chi connectivity index (χ0) is 23.1. The number of carbonyl (C=O) groups excluding carboxylic acids is 1. The van der Waals surface area contributed by atoms with E-state index in [4.69, 9.17) is 18.8 Å². The topological polar surface area (TPSA) is 26.3 Å². The van der Waals surface area contributed by atoms with Crippen molar-refractivity contribution in [1.82, 2.24) is 0 Å². The van der Waals surface area contributed by atoms with E-state index in [1.807, 2.05) is 45.1 Å². The molecular formula is C27H30BO2P. The van der Waals surface area contributed by atoms with E-state index in [0.29, 0.717) is 11.9 Å². The van der Waals surface area contributed by atoms with Gasteiger partial charge in [-0.1, -0.05) is 55.1 Å². The average Bonchev–Trinajstić information content (AvgIpc) is 2.72. The number of terminal acetylenes is 1. The number of carbonyl (C=O) groups is 1. The molecule has 0 spiro atoms. The summed E-state index contributed by atoms with van der Waals surface area (Å²) in [5, 5.41) is 1.97. The Morgan fingerprint density at radius 1 is 1.06 bits per heavy atom. The van der Waals surface area contributed by atoms with E-state index in [2.05, 4.69) is 38.8 Å². The maximum absolute atomic E-state index is 13.4. The van der Waals surface area contributed by atoms with E-state index < -0.39 is 8.15 Å². The van der Waals surface area contributed by atoms with Gasteiger partial charge in [0.2, 0.25) is 0 Å². The number of hydrogen-bond acceptors (Lipinski definition) is 2. The predicted molar refractivity (Wildman–Crippen MR) is 134 cm³/mol. The van der Waals surface area contributed by atoms with E-state index in [9.17, 15) is 4.79 Å². The van der Waals surface area contributed by atoms with E-state index in [1.54, 1.807) is 6.08 Å². The van der Waals surface area contributed by atoms with Crippen molar-refractivity contribution in [2.75, 3.05) is 0 Å². The van der Waals surface area contributed by atoms with Crippen molar-refractivity contribution in [2.24, 2.45) is 0 Å². The Labute approximate surface area is 190 Å². The first-order valence-electron chi connectivity index (χ1n) is 10.5. The van der Waals surface area contributed by atoms with Crippen LogP contribution in [0.5, 0.6) is 0 Å². The Bertz CT molecular complexity index is 1030.